The molecular weight excluding hydrogens is 1140 g/mol. The van der Waals surface area contributed by atoms with Crippen LogP contribution < -0.4 is 5.32 Å². The second kappa shape index (κ2) is 50.3. The molecule has 0 radical (unpaired) electrons. The van der Waals surface area contributed by atoms with Gasteiger partial charge in [-0.15, -0.1) is 0 Å². The molecule has 1 amide bonds. The monoisotopic (exact) mass is 1250 g/mol. The first kappa shape index (κ1) is 78.9. The van der Waals surface area contributed by atoms with E-state index in [4.69, 9.17) is 28.4 Å². The Kier molecular flexibility index (Phi) is 44.6. The molecular formula is C70H111NO18. The summed E-state index contributed by atoms with van der Waals surface area (Å²) >= 11 is 0. The number of carbonyl (C=O) groups is 1. The third-order valence-corrected chi connectivity index (χ3v) is 15.2. The van der Waals surface area contributed by atoms with Crippen LogP contribution >= 0.6 is 0 Å². The van der Waals surface area contributed by atoms with Crippen LogP contribution in [0, 0.1) is 0 Å². The average molecular weight is 1250 g/mol. The van der Waals surface area contributed by atoms with Crippen LogP contribution in [0.2, 0.25) is 0 Å². The normalized spacial score (nSPS) is 29.2. The lowest BCUT2D eigenvalue weighted by molar-refractivity contribution is -0.379. The SMILES string of the molecule is CC/C=C\C/C=C\C/C=C\C/C=C\C/C=C\C/C=C\C/C=C\C/C=C\C/C=C\C/C=C\C/C=C\C/C=C\CCCCC(=O)NC(COC1OC(CO)C(OC2OC(CO)C(OC3OC(CO)C(O)C(O)C3O)C(O)C2O)C(O)C1O)C(O)CCCCCCC. The van der Waals surface area contributed by atoms with Gasteiger partial charge < -0.3 is 89.9 Å². The van der Waals surface area contributed by atoms with E-state index in [1.807, 2.05) is 0 Å². The Hall–Kier alpha value is -4.33. The molecule has 89 heavy (non-hydrogen) atoms. The molecule has 0 aromatic rings. The number of amides is 1. The van der Waals surface area contributed by atoms with E-state index in [1.54, 1.807) is 0 Å². The zero-order valence-electron chi connectivity index (χ0n) is 52.8. The molecule has 0 saturated carbocycles. The second-order valence-corrected chi connectivity index (χ2v) is 22.5. The van der Waals surface area contributed by atoms with Crippen molar-refractivity contribution in [1.29, 1.82) is 0 Å². The van der Waals surface area contributed by atoms with Gasteiger partial charge in [0, 0.05) is 6.42 Å². The molecule has 0 aromatic heterocycles. The minimum atomic E-state index is -1.98. The predicted octanol–water partition coefficient (Wildman–Crippen LogP) is 7.59. The van der Waals surface area contributed by atoms with E-state index in [9.17, 15) is 61.0 Å². The highest BCUT2D eigenvalue weighted by atomic mass is 16.8. The third kappa shape index (κ3) is 32.7. The summed E-state index contributed by atoms with van der Waals surface area (Å²) in [7, 11) is 0. The summed E-state index contributed by atoms with van der Waals surface area (Å²) in [6.45, 7) is 1.49. The van der Waals surface area contributed by atoms with Gasteiger partial charge in [0.1, 0.15) is 73.2 Å². The lowest BCUT2D eigenvalue weighted by Gasteiger charge is -2.48. The number of ether oxygens (including phenoxy) is 6. The Bertz CT molecular complexity index is 2180. The Morgan fingerprint density at radius 1 is 0.416 bits per heavy atom. The van der Waals surface area contributed by atoms with Crippen molar-refractivity contribution in [3.63, 3.8) is 0 Å². The van der Waals surface area contributed by atoms with Gasteiger partial charge in [-0.05, 0) is 103 Å². The van der Waals surface area contributed by atoms with Gasteiger partial charge in [0.05, 0.1) is 38.6 Å². The fourth-order valence-corrected chi connectivity index (χ4v) is 9.88. The molecule has 0 bridgehead atoms. The Morgan fingerprint density at radius 2 is 0.775 bits per heavy atom. The lowest BCUT2D eigenvalue weighted by Crippen LogP contribution is -2.66. The highest BCUT2D eigenvalue weighted by molar-refractivity contribution is 5.76. The molecule has 3 saturated heterocycles. The van der Waals surface area contributed by atoms with E-state index in [-0.39, 0.29) is 18.9 Å². The lowest BCUT2D eigenvalue weighted by atomic mass is 9.96. The number of hydrogen-bond acceptors (Lipinski definition) is 18. The molecule has 12 N–H and O–H groups in total. The molecule has 3 heterocycles. The topological polar surface area (TPSA) is 307 Å². The first-order chi connectivity index (χ1) is 43.3. The highest BCUT2D eigenvalue weighted by Gasteiger charge is 2.53. The molecule has 19 nitrogen and oxygen atoms in total. The maximum atomic E-state index is 13.2. The molecule has 3 rings (SSSR count). The summed E-state index contributed by atoms with van der Waals surface area (Å²) in [6, 6.07) is -0.917. The Labute approximate surface area is 530 Å². The van der Waals surface area contributed by atoms with Crippen LogP contribution in [0.5, 0.6) is 0 Å². The summed E-state index contributed by atoms with van der Waals surface area (Å²) in [6.07, 6.45) is 44.6. The van der Waals surface area contributed by atoms with E-state index in [2.05, 4.69) is 165 Å². The minimum Gasteiger partial charge on any atom is -0.394 e. The summed E-state index contributed by atoms with van der Waals surface area (Å²) in [5.41, 5.74) is 0. The molecule has 0 aliphatic carbocycles. The molecule has 19 heteroatoms. The molecule has 0 spiro atoms. The summed E-state index contributed by atoms with van der Waals surface area (Å²) in [5, 5.41) is 120. The van der Waals surface area contributed by atoms with Crippen molar-refractivity contribution < 1.29 is 89.4 Å². The number of nitrogens with one attached hydrogen (secondary N) is 1. The summed E-state index contributed by atoms with van der Waals surface area (Å²) in [5.74, 6) is -0.301. The number of allylic oxidation sites excluding steroid dienone is 24. The number of carbonyl (C=O) groups excluding carboxylic acids is 1. The van der Waals surface area contributed by atoms with Crippen molar-refractivity contribution in [3.05, 3.63) is 146 Å². The maximum absolute atomic E-state index is 13.2. The highest BCUT2D eigenvalue weighted by Crippen LogP contribution is 2.33. The average Bonchev–Trinajstić information content (AvgIpc) is 2.72. The van der Waals surface area contributed by atoms with Crippen molar-refractivity contribution in [1.82, 2.24) is 5.32 Å². The number of unbranched alkanes of at least 4 members (excludes halogenated alkanes) is 6. The van der Waals surface area contributed by atoms with Crippen LogP contribution in [0.4, 0.5) is 0 Å². The molecule has 0 aromatic carbocycles. The third-order valence-electron chi connectivity index (χ3n) is 15.2. The Balaban J connectivity index is 1.31. The zero-order chi connectivity index (χ0) is 64.7. The fourth-order valence-electron chi connectivity index (χ4n) is 9.88. The minimum absolute atomic E-state index is 0.199. The number of rotatable bonds is 46. The molecule has 3 fully saturated rings. The van der Waals surface area contributed by atoms with Gasteiger partial charge in [-0.3, -0.25) is 4.79 Å². The van der Waals surface area contributed by atoms with Crippen LogP contribution in [0.1, 0.15) is 155 Å². The standard InChI is InChI=1S/C70H111NO18/c1-3-5-7-9-10-11-12-13-14-15-16-17-18-19-20-21-22-23-24-25-26-27-28-29-30-31-32-33-34-35-36-37-38-39-40-41-42-44-46-48-58(76)71-53(54(75)47-45-43-8-6-4-2)52-84-68-64(82)61(79)66(56(50-73)86-68)89-70-65(83)62(80)67(57(51-74)87-70)88-69-63(81)60(78)59(77)55(49-72)85-69/h5,7,10-11,13-14,16-17,19-20,22-23,25-26,28-29,31-32,34-35,37-38,40-41,53-57,59-70,72-75,77-83H,3-4,6,8-9,12,15,18,21,24,27,30,33,36,39,42-52H2,1-2H3,(H,71,76)/b7-5-,11-10-,14-13-,17-16-,20-19-,23-22-,26-25-,29-28-,32-31-,35-34-,38-37-,41-40-. The zero-order valence-corrected chi connectivity index (χ0v) is 52.8. The van der Waals surface area contributed by atoms with E-state index in [0.717, 1.165) is 116 Å². The van der Waals surface area contributed by atoms with Crippen molar-refractivity contribution in [2.24, 2.45) is 0 Å². The summed E-state index contributed by atoms with van der Waals surface area (Å²) < 4.78 is 34.1. The molecule has 3 aliphatic heterocycles. The maximum Gasteiger partial charge on any atom is 0.220 e. The quantitative estimate of drug-likeness (QED) is 0.0206. The van der Waals surface area contributed by atoms with Crippen molar-refractivity contribution in [3.8, 4) is 0 Å². The van der Waals surface area contributed by atoms with Gasteiger partial charge in [0.15, 0.2) is 18.9 Å². The fraction of sp³-hybridized carbons (Fsp3) is 0.643. The number of hydrogen-bond donors (Lipinski definition) is 12. The van der Waals surface area contributed by atoms with E-state index >= 15 is 0 Å². The second-order valence-electron chi connectivity index (χ2n) is 22.5. The van der Waals surface area contributed by atoms with Crippen molar-refractivity contribution >= 4 is 5.91 Å². The smallest absolute Gasteiger partial charge is 0.220 e. The Morgan fingerprint density at radius 3 is 1.18 bits per heavy atom. The van der Waals surface area contributed by atoms with E-state index in [0.29, 0.717) is 19.3 Å². The van der Waals surface area contributed by atoms with Crippen LogP contribution in [-0.2, 0) is 33.2 Å². The number of aliphatic hydroxyl groups excluding tert-OH is 11. The van der Waals surface area contributed by atoms with Crippen molar-refractivity contribution in [2.75, 3.05) is 26.4 Å². The van der Waals surface area contributed by atoms with Gasteiger partial charge in [-0.2, -0.15) is 0 Å². The van der Waals surface area contributed by atoms with Gasteiger partial charge >= 0.3 is 0 Å². The van der Waals surface area contributed by atoms with Crippen molar-refractivity contribution in [2.45, 2.75) is 259 Å². The molecule has 17 unspecified atom stereocenters. The van der Waals surface area contributed by atoms with E-state index < -0.39 is 124 Å². The predicted molar refractivity (Wildman–Crippen MR) is 346 cm³/mol. The molecule has 3 aliphatic rings. The van der Waals surface area contributed by atoms with Crippen LogP contribution in [0.3, 0.4) is 0 Å². The van der Waals surface area contributed by atoms with Crippen LogP contribution in [0.15, 0.2) is 146 Å². The van der Waals surface area contributed by atoms with E-state index in [1.165, 1.54) is 0 Å². The van der Waals surface area contributed by atoms with Gasteiger partial charge in [-0.1, -0.05) is 192 Å². The number of aliphatic hydroxyl groups is 11. The molecule has 17 atom stereocenters. The summed E-state index contributed by atoms with van der Waals surface area (Å²) in [4.78, 5) is 13.2. The largest absolute Gasteiger partial charge is 0.394 e. The first-order valence-corrected chi connectivity index (χ1v) is 32.6. The van der Waals surface area contributed by atoms with Gasteiger partial charge in [-0.25, -0.2) is 0 Å². The molecule has 504 valence electrons. The van der Waals surface area contributed by atoms with Crippen LogP contribution in [0.25, 0.3) is 0 Å². The van der Waals surface area contributed by atoms with Gasteiger partial charge in [0.2, 0.25) is 5.91 Å². The van der Waals surface area contributed by atoms with Crippen LogP contribution in [-0.4, -0.2) is 193 Å². The van der Waals surface area contributed by atoms with Gasteiger partial charge in [0.25, 0.3) is 0 Å². The first-order valence-electron chi connectivity index (χ1n) is 32.6.